The van der Waals surface area contributed by atoms with Crippen LogP contribution in [0.15, 0.2) is 15.4 Å². The number of nitrogens with one attached hydrogen (secondary N) is 1. The number of anilines is 1. The molecule has 2 aromatic rings. The van der Waals surface area contributed by atoms with Crippen molar-refractivity contribution in [1.29, 1.82) is 0 Å². The first kappa shape index (κ1) is 20.6. The predicted molar refractivity (Wildman–Crippen MR) is 112 cm³/mol. The molecule has 1 atom stereocenters. The predicted octanol–water partition coefficient (Wildman–Crippen LogP) is 3.99. The number of furan rings is 1. The zero-order chi connectivity index (χ0) is 20.6. The third-order valence-corrected chi connectivity index (χ3v) is 8.78. The molecule has 1 aliphatic heterocycles. The van der Waals surface area contributed by atoms with Gasteiger partial charge < -0.3 is 4.42 Å². The van der Waals surface area contributed by atoms with Crippen molar-refractivity contribution in [3.63, 3.8) is 0 Å². The summed E-state index contributed by atoms with van der Waals surface area (Å²) in [6.45, 7) is 4.81. The summed E-state index contributed by atoms with van der Waals surface area (Å²) in [5.74, 6) is 0.468. The molecule has 1 amide bonds. The normalized spacial score (nSPS) is 20.0. The van der Waals surface area contributed by atoms with Gasteiger partial charge in [-0.15, -0.1) is 11.3 Å². The zero-order valence-corrected chi connectivity index (χ0v) is 18.5. The second-order valence-electron chi connectivity index (χ2n) is 7.88. The summed E-state index contributed by atoms with van der Waals surface area (Å²) in [5, 5.41) is 3.34. The number of carbonyl (C=O) groups excluding carboxylic acids is 1. The molecular formula is C20H27N3O4S2. The van der Waals surface area contributed by atoms with Crippen LogP contribution >= 0.6 is 11.3 Å². The van der Waals surface area contributed by atoms with Crippen LogP contribution in [0, 0.1) is 12.8 Å². The molecule has 7 nitrogen and oxygen atoms in total. The molecule has 0 saturated carbocycles. The highest BCUT2D eigenvalue weighted by molar-refractivity contribution is 7.89. The van der Waals surface area contributed by atoms with Gasteiger partial charge in [0.15, 0.2) is 10.9 Å². The first-order valence-electron chi connectivity index (χ1n) is 10.3. The Morgan fingerprint density at radius 3 is 2.86 bits per heavy atom. The lowest BCUT2D eigenvalue weighted by Crippen LogP contribution is -2.28. The summed E-state index contributed by atoms with van der Waals surface area (Å²) in [6.07, 6.45) is 7.24. The third kappa shape index (κ3) is 4.13. The topological polar surface area (TPSA) is 92.5 Å². The number of rotatable bonds is 6. The Balaban J connectivity index is 1.49. The smallest absolute Gasteiger partial charge is 0.293 e. The lowest BCUT2D eigenvalue weighted by Gasteiger charge is -2.19. The summed E-state index contributed by atoms with van der Waals surface area (Å²) >= 11 is 1.51. The number of thiazole rings is 1. The lowest BCUT2D eigenvalue weighted by molar-refractivity contribution is 0.0995. The summed E-state index contributed by atoms with van der Waals surface area (Å²) in [7, 11) is -3.62. The zero-order valence-electron chi connectivity index (χ0n) is 16.9. The van der Waals surface area contributed by atoms with Gasteiger partial charge in [0.2, 0.25) is 10.0 Å². The number of hydrogen-bond acceptors (Lipinski definition) is 6. The first-order chi connectivity index (χ1) is 13.9. The number of amides is 1. The number of aromatic nitrogens is 1. The SMILES string of the molecule is CCCC1CCc2nc(NC(=O)c3cc(S(=O)(=O)N4CCCC4)c(C)o3)sc2C1. The second-order valence-corrected chi connectivity index (χ2v) is 10.9. The molecule has 9 heteroatoms. The van der Waals surface area contributed by atoms with Crippen molar-refractivity contribution in [1.82, 2.24) is 9.29 Å². The average molecular weight is 438 g/mol. The molecule has 0 aromatic carbocycles. The van der Waals surface area contributed by atoms with Crippen LogP contribution in [0.4, 0.5) is 5.13 Å². The lowest BCUT2D eigenvalue weighted by atomic mass is 9.88. The number of nitrogens with zero attached hydrogens (tertiary/aromatic N) is 2. The molecule has 2 aromatic heterocycles. The van der Waals surface area contributed by atoms with Crippen molar-refractivity contribution in [3.8, 4) is 0 Å². The third-order valence-electron chi connectivity index (χ3n) is 5.74. The Kier molecular flexibility index (Phi) is 5.81. The van der Waals surface area contributed by atoms with Crippen molar-refractivity contribution < 1.29 is 17.6 Å². The van der Waals surface area contributed by atoms with Crippen molar-refractivity contribution in [2.24, 2.45) is 5.92 Å². The van der Waals surface area contributed by atoms with Crippen molar-refractivity contribution in [2.75, 3.05) is 18.4 Å². The Bertz CT molecular complexity index is 1000. The minimum absolute atomic E-state index is 0.00250. The van der Waals surface area contributed by atoms with E-state index >= 15 is 0 Å². The van der Waals surface area contributed by atoms with Gasteiger partial charge in [0, 0.05) is 24.0 Å². The molecule has 158 valence electrons. The van der Waals surface area contributed by atoms with Gasteiger partial charge in [0.25, 0.3) is 5.91 Å². The van der Waals surface area contributed by atoms with E-state index in [2.05, 4.69) is 17.2 Å². The molecule has 1 N–H and O–H groups in total. The number of fused-ring (bicyclic) bond motifs is 1. The molecule has 1 saturated heterocycles. The maximum Gasteiger partial charge on any atom is 0.293 e. The Hall–Kier alpha value is -1.71. The molecule has 0 spiro atoms. The van der Waals surface area contributed by atoms with E-state index in [1.807, 2.05) is 0 Å². The molecule has 1 unspecified atom stereocenters. The second kappa shape index (κ2) is 8.20. The molecule has 2 aliphatic rings. The van der Waals surface area contributed by atoms with Crippen LogP contribution < -0.4 is 5.32 Å². The van der Waals surface area contributed by atoms with E-state index in [0.29, 0.717) is 24.1 Å². The molecule has 1 aliphatic carbocycles. The van der Waals surface area contributed by atoms with Gasteiger partial charge in [0.05, 0.1) is 5.69 Å². The van der Waals surface area contributed by atoms with E-state index < -0.39 is 15.9 Å². The standard InChI is InChI=1S/C20H27N3O4S2/c1-3-6-14-7-8-15-17(11-14)28-20(21-15)22-19(24)16-12-18(13(2)27-16)29(25,26)23-9-4-5-10-23/h12,14H,3-11H2,1-2H3,(H,21,22,24). The highest BCUT2D eigenvalue weighted by Gasteiger charge is 2.32. The molecule has 3 heterocycles. The van der Waals surface area contributed by atoms with Crippen molar-refractivity contribution in [2.45, 2.75) is 63.7 Å². The quantitative estimate of drug-likeness (QED) is 0.738. The fourth-order valence-electron chi connectivity index (χ4n) is 4.21. The molecular weight excluding hydrogens is 410 g/mol. The summed E-state index contributed by atoms with van der Waals surface area (Å²) in [5.41, 5.74) is 1.07. The van der Waals surface area contributed by atoms with Gasteiger partial charge in [-0.25, -0.2) is 13.4 Å². The number of aryl methyl sites for hydroxylation is 2. The monoisotopic (exact) mass is 437 g/mol. The highest BCUT2D eigenvalue weighted by atomic mass is 32.2. The average Bonchev–Trinajstić information content (AvgIpc) is 3.40. The largest absolute Gasteiger partial charge is 0.455 e. The van der Waals surface area contributed by atoms with Crippen LogP contribution in [0.25, 0.3) is 0 Å². The van der Waals surface area contributed by atoms with E-state index in [9.17, 15) is 13.2 Å². The first-order valence-corrected chi connectivity index (χ1v) is 12.5. The van der Waals surface area contributed by atoms with Crippen molar-refractivity contribution in [3.05, 3.63) is 28.2 Å². The fraction of sp³-hybridized carbons (Fsp3) is 0.600. The van der Waals surface area contributed by atoms with Gasteiger partial charge in [-0.3, -0.25) is 10.1 Å². The summed E-state index contributed by atoms with van der Waals surface area (Å²) in [4.78, 5) is 18.6. The maximum absolute atomic E-state index is 12.8. The van der Waals surface area contributed by atoms with Crippen LogP contribution in [-0.2, 0) is 22.9 Å². The molecule has 0 radical (unpaired) electrons. The van der Waals surface area contributed by atoms with Crippen molar-refractivity contribution >= 4 is 32.4 Å². The van der Waals surface area contributed by atoms with Gasteiger partial charge in [-0.2, -0.15) is 4.31 Å². The molecule has 0 bridgehead atoms. The highest BCUT2D eigenvalue weighted by Crippen LogP contribution is 2.34. The minimum atomic E-state index is -3.62. The van der Waals surface area contributed by atoms with Gasteiger partial charge in [-0.1, -0.05) is 19.8 Å². The van der Waals surface area contributed by atoms with E-state index in [1.54, 1.807) is 6.92 Å². The number of hydrogen-bond donors (Lipinski definition) is 1. The maximum atomic E-state index is 12.8. The fourth-order valence-corrected chi connectivity index (χ4v) is 7.01. The Morgan fingerprint density at radius 2 is 2.14 bits per heavy atom. The summed E-state index contributed by atoms with van der Waals surface area (Å²) in [6, 6.07) is 1.34. The van der Waals surface area contributed by atoms with Crippen LogP contribution in [0.2, 0.25) is 0 Å². The van der Waals surface area contributed by atoms with E-state index in [0.717, 1.165) is 37.8 Å². The van der Waals surface area contributed by atoms with E-state index in [-0.39, 0.29) is 16.4 Å². The molecule has 1 fully saturated rings. The molecule has 4 rings (SSSR count). The van der Waals surface area contributed by atoms with Crippen LogP contribution in [0.5, 0.6) is 0 Å². The minimum Gasteiger partial charge on any atom is -0.455 e. The number of sulfonamides is 1. The summed E-state index contributed by atoms with van der Waals surface area (Å²) < 4.78 is 32.5. The van der Waals surface area contributed by atoms with Gasteiger partial charge in [-0.05, 0) is 44.9 Å². The Morgan fingerprint density at radius 1 is 1.38 bits per heavy atom. The number of carbonyl (C=O) groups is 1. The van der Waals surface area contributed by atoms with E-state index in [1.165, 1.54) is 39.4 Å². The van der Waals surface area contributed by atoms with Gasteiger partial charge >= 0.3 is 0 Å². The van der Waals surface area contributed by atoms with E-state index in [4.69, 9.17) is 4.42 Å². The van der Waals surface area contributed by atoms with Crippen LogP contribution in [0.3, 0.4) is 0 Å². The van der Waals surface area contributed by atoms with Gasteiger partial charge in [0.1, 0.15) is 10.7 Å². The Labute approximate surface area is 175 Å². The molecule has 29 heavy (non-hydrogen) atoms. The van der Waals surface area contributed by atoms with Crippen LogP contribution in [-0.4, -0.2) is 36.7 Å². The van der Waals surface area contributed by atoms with Crippen LogP contribution in [0.1, 0.15) is 65.9 Å².